The van der Waals surface area contributed by atoms with Crippen molar-refractivity contribution >= 4 is 11.9 Å². The number of nitrogen functional groups attached to an aromatic ring is 1. The Morgan fingerprint density at radius 2 is 1.81 bits per heavy atom. The number of carboxylic acid groups (broad SMARTS) is 1. The molecule has 5 N–H and O–H groups in total. The molecule has 5 fully saturated rings. The molecule has 1 aromatic rings. The zero-order valence-electron chi connectivity index (χ0n) is 29.9. The third kappa shape index (κ3) is 4.58. The number of aromatic nitrogens is 4. The van der Waals surface area contributed by atoms with E-state index in [9.17, 15) is 9.90 Å². The van der Waals surface area contributed by atoms with Crippen molar-refractivity contribution in [3.8, 4) is 0 Å². The van der Waals surface area contributed by atoms with E-state index in [1.807, 2.05) is 0 Å². The van der Waals surface area contributed by atoms with Crippen molar-refractivity contribution in [2.24, 2.45) is 62.4 Å². The average molecular weight is 653 g/mol. The molecule has 0 amide bonds. The molecule has 1 saturated heterocycles. The summed E-state index contributed by atoms with van der Waals surface area (Å²) in [5, 5.41) is 24.2. The van der Waals surface area contributed by atoms with Gasteiger partial charge < -0.3 is 26.0 Å². The molecule has 0 spiro atoms. The molecule has 0 unspecified atom stereocenters. The van der Waals surface area contributed by atoms with Crippen molar-refractivity contribution in [2.45, 2.75) is 130 Å². The smallest absolute Gasteiger partial charge is 0.307 e. The number of anilines is 1. The van der Waals surface area contributed by atoms with E-state index in [0.29, 0.717) is 37.6 Å². The summed E-state index contributed by atoms with van der Waals surface area (Å²) in [5.41, 5.74) is 12.8. The fourth-order valence-corrected chi connectivity index (χ4v) is 12.9. The summed E-state index contributed by atoms with van der Waals surface area (Å²) in [6, 6.07) is -0.163. The summed E-state index contributed by atoms with van der Waals surface area (Å²) < 4.78 is 13.9. The first-order valence-electron chi connectivity index (χ1n) is 18.5. The average Bonchev–Trinajstić information content (AvgIpc) is 3.64. The Hall–Kier alpha value is -2.04. The predicted molar refractivity (Wildman–Crippen MR) is 180 cm³/mol. The number of tetrazole rings is 1. The molecule has 47 heavy (non-hydrogen) atoms. The molecule has 5 aliphatic carbocycles. The van der Waals surface area contributed by atoms with Gasteiger partial charge >= 0.3 is 5.97 Å². The number of carbonyl (C=O) groups is 1. The van der Waals surface area contributed by atoms with Crippen molar-refractivity contribution < 1.29 is 19.4 Å². The van der Waals surface area contributed by atoms with Gasteiger partial charge in [-0.2, -0.15) is 4.80 Å². The van der Waals surface area contributed by atoms with Gasteiger partial charge in [-0.15, -0.1) is 5.10 Å². The monoisotopic (exact) mass is 652 g/mol. The second kappa shape index (κ2) is 11.0. The van der Waals surface area contributed by atoms with Crippen molar-refractivity contribution in [2.75, 3.05) is 25.6 Å². The van der Waals surface area contributed by atoms with Gasteiger partial charge in [-0.05, 0) is 102 Å². The predicted octanol–water partition coefficient (Wildman–Crippen LogP) is 6.04. The van der Waals surface area contributed by atoms with Crippen molar-refractivity contribution in [3.63, 3.8) is 0 Å². The molecule has 10 heteroatoms. The summed E-state index contributed by atoms with van der Waals surface area (Å²) in [4.78, 5) is 15.2. The zero-order valence-corrected chi connectivity index (χ0v) is 29.9. The minimum absolute atomic E-state index is 0.103. The Balaban J connectivity index is 1.37. The lowest BCUT2D eigenvalue weighted by Gasteiger charge is -2.71. The van der Waals surface area contributed by atoms with Crippen LogP contribution in [0.4, 0.5) is 5.95 Å². The first-order chi connectivity index (χ1) is 22.0. The molecule has 10 nitrogen and oxygen atoms in total. The van der Waals surface area contributed by atoms with E-state index in [4.69, 9.17) is 20.9 Å². The van der Waals surface area contributed by atoms with Gasteiger partial charge in [-0.1, -0.05) is 78.1 Å². The van der Waals surface area contributed by atoms with E-state index in [1.54, 1.807) is 4.80 Å². The molecular weight excluding hydrogens is 592 g/mol. The van der Waals surface area contributed by atoms with E-state index in [0.717, 1.165) is 64.2 Å². The maximum absolute atomic E-state index is 13.5. The van der Waals surface area contributed by atoms with Gasteiger partial charge in [0.1, 0.15) is 6.04 Å². The Morgan fingerprint density at radius 3 is 2.45 bits per heavy atom. The number of ether oxygens (including phenoxy) is 2. The standard InChI is InChI=1S/C37H60N6O4/c1-22(2)23(3)33(5)16-17-34(6)24-10-11-27-32(4)18-26(43-41-31(38)40-42-43)29(47-20-36(39)13-8-9-14-36)37(27,21-46-19-32)25(24)12-15-35(34,7)28(33)30(44)45/h12,22-24,26-29H,8-11,13-21,39H2,1-7H3,(H2,38,41)(H,44,45)/t23-,24+,26-,27-,28-,29+,32-,33-,34-,35+,37+/m1/s1. The maximum Gasteiger partial charge on any atom is 0.307 e. The molecular formula is C37H60N6O4. The van der Waals surface area contributed by atoms with E-state index in [1.165, 1.54) is 5.57 Å². The number of allylic oxidation sites excluding steroid dienone is 1. The van der Waals surface area contributed by atoms with Crippen LogP contribution >= 0.6 is 0 Å². The molecule has 11 atom stereocenters. The van der Waals surface area contributed by atoms with Gasteiger partial charge in [-0.25, -0.2) is 0 Å². The molecule has 0 radical (unpaired) electrons. The minimum atomic E-state index is -0.635. The van der Waals surface area contributed by atoms with E-state index >= 15 is 0 Å². The highest BCUT2D eigenvalue weighted by atomic mass is 16.5. The zero-order chi connectivity index (χ0) is 33.8. The van der Waals surface area contributed by atoms with Crippen LogP contribution in [0.15, 0.2) is 11.6 Å². The molecule has 6 aliphatic rings. The van der Waals surface area contributed by atoms with Gasteiger partial charge in [0, 0.05) is 11.0 Å². The number of fused-ring (bicyclic) bond motifs is 3. The number of rotatable bonds is 7. The number of aliphatic carboxylic acids is 1. The van der Waals surface area contributed by atoms with Crippen LogP contribution in [-0.4, -0.2) is 62.7 Å². The SMILES string of the molecule is CC(C)[C@@H](C)[C@@]1(C)CC[C@]2(C)[C@H]3CC[C@@H]4[C@@]5(C)COC[C@@]4(C3=CC[C@@]2(C)[C@@H]1C(=O)O)[C@@H](OCC1(N)CCCC1)[C@H](n1nnc(N)n1)C5. The minimum Gasteiger partial charge on any atom is -0.481 e. The second-order valence-corrected chi connectivity index (χ2v) is 18.4. The third-order valence-corrected chi connectivity index (χ3v) is 15.9. The summed E-state index contributed by atoms with van der Waals surface area (Å²) in [6.45, 7) is 17.9. The van der Waals surface area contributed by atoms with Crippen LogP contribution in [0.1, 0.15) is 119 Å². The topological polar surface area (TPSA) is 151 Å². The molecule has 2 heterocycles. The quantitative estimate of drug-likeness (QED) is 0.299. The number of nitrogens with two attached hydrogens (primary N) is 2. The van der Waals surface area contributed by atoms with Gasteiger partial charge in [-0.3, -0.25) is 4.79 Å². The molecule has 2 bridgehead atoms. The number of nitrogens with zero attached hydrogens (tertiary/aromatic N) is 4. The number of hydrogen-bond acceptors (Lipinski definition) is 8. The highest BCUT2D eigenvalue weighted by molar-refractivity contribution is 5.73. The molecule has 262 valence electrons. The number of carboxylic acids is 1. The van der Waals surface area contributed by atoms with E-state index < -0.39 is 17.3 Å². The Labute approximate surface area is 281 Å². The molecule has 0 aromatic carbocycles. The van der Waals surface area contributed by atoms with Gasteiger partial charge in [0.15, 0.2) is 0 Å². The summed E-state index contributed by atoms with van der Waals surface area (Å²) in [6.07, 6.45) is 12.0. The fraction of sp³-hybridized carbons (Fsp3) is 0.892. The Morgan fingerprint density at radius 1 is 1.09 bits per heavy atom. The van der Waals surface area contributed by atoms with Crippen LogP contribution in [0.5, 0.6) is 0 Å². The largest absolute Gasteiger partial charge is 0.481 e. The van der Waals surface area contributed by atoms with Crippen LogP contribution in [0.2, 0.25) is 0 Å². The lowest BCUT2D eigenvalue weighted by molar-refractivity contribution is -0.255. The highest BCUT2D eigenvalue weighted by Crippen LogP contribution is 2.75. The van der Waals surface area contributed by atoms with Crippen molar-refractivity contribution in [1.82, 2.24) is 20.2 Å². The molecule has 7 rings (SSSR count). The maximum atomic E-state index is 13.5. The molecule has 1 aromatic heterocycles. The molecule has 4 saturated carbocycles. The van der Waals surface area contributed by atoms with E-state index in [-0.39, 0.29) is 51.2 Å². The Bertz CT molecular complexity index is 1420. The first-order valence-corrected chi connectivity index (χ1v) is 18.5. The van der Waals surface area contributed by atoms with Crippen LogP contribution in [-0.2, 0) is 14.3 Å². The van der Waals surface area contributed by atoms with Crippen LogP contribution in [0, 0.1) is 56.7 Å². The lowest BCUT2D eigenvalue weighted by atomic mass is 9.34. The summed E-state index contributed by atoms with van der Waals surface area (Å²) in [5.74, 6) is 0.423. The Kier molecular flexibility index (Phi) is 7.82. The first kappa shape index (κ1) is 33.5. The van der Waals surface area contributed by atoms with Crippen molar-refractivity contribution in [1.29, 1.82) is 0 Å². The van der Waals surface area contributed by atoms with Gasteiger partial charge in [0.2, 0.25) is 0 Å². The lowest BCUT2D eigenvalue weighted by Crippen LogP contribution is -2.70. The van der Waals surface area contributed by atoms with Crippen molar-refractivity contribution in [3.05, 3.63) is 11.6 Å². The van der Waals surface area contributed by atoms with Gasteiger partial charge in [0.05, 0.1) is 31.8 Å². The number of hydrogen-bond donors (Lipinski definition) is 3. The van der Waals surface area contributed by atoms with Crippen LogP contribution in [0.3, 0.4) is 0 Å². The van der Waals surface area contributed by atoms with Crippen LogP contribution < -0.4 is 11.5 Å². The van der Waals surface area contributed by atoms with Crippen LogP contribution in [0.25, 0.3) is 0 Å². The second-order valence-electron chi connectivity index (χ2n) is 18.4. The summed E-state index contributed by atoms with van der Waals surface area (Å²) in [7, 11) is 0. The summed E-state index contributed by atoms with van der Waals surface area (Å²) >= 11 is 0. The molecule has 1 aliphatic heterocycles. The normalized spacial score (nSPS) is 46.2. The van der Waals surface area contributed by atoms with Gasteiger partial charge in [0.25, 0.3) is 5.95 Å². The third-order valence-electron chi connectivity index (χ3n) is 15.9. The van der Waals surface area contributed by atoms with E-state index in [2.05, 4.69) is 70.0 Å². The fourth-order valence-electron chi connectivity index (χ4n) is 12.9. The highest BCUT2D eigenvalue weighted by Gasteiger charge is 2.73.